The number of nitrogens with one attached hydrogen (secondary N) is 1. The van der Waals surface area contributed by atoms with Crippen LogP contribution in [0.4, 0.5) is 0 Å². The largest absolute Gasteiger partial charge is 0.376 e. The van der Waals surface area contributed by atoms with Crippen LogP contribution in [0.3, 0.4) is 0 Å². The first kappa shape index (κ1) is 10.2. The molecule has 1 fully saturated rings. The lowest BCUT2D eigenvalue weighted by atomic mass is 10.1. The van der Waals surface area contributed by atoms with Gasteiger partial charge >= 0.3 is 0 Å². The van der Waals surface area contributed by atoms with Crippen molar-refractivity contribution in [3.05, 3.63) is 35.9 Å². The van der Waals surface area contributed by atoms with Crippen LogP contribution in [0.1, 0.15) is 12.0 Å². The first-order valence-corrected chi connectivity index (χ1v) is 5.23. The average molecular weight is 205 g/mol. The fourth-order valence-electron chi connectivity index (χ4n) is 1.70. The van der Waals surface area contributed by atoms with E-state index in [0.717, 1.165) is 6.54 Å². The zero-order valence-electron chi connectivity index (χ0n) is 8.61. The van der Waals surface area contributed by atoms with E-state index in [9.17, 15) is 4.79 Å². The van der Waals surface area contributed by atoms with Gasteiger partial charge in [-0.1, -0.05) is 30.3 Å². The monoisotopic (exact) mass is 205 g/mol. The van der Waals surface area contributed by atoms with Crippen LogP contribution in [0.15, 0.2) is 30.3 Å². The molecule has 80 valence electrons. The highest BCUT2D eigenvalue weighted by Crippen LogP contribution is 2.10. The molecule has 0 saturated carbocycles. The SMILES string of the molecule is O=C1C[C@@H](COCc2ccccc2)CN1. The summed E-state index contributed by atoms with van der Waals surface area (Å²) in [5.41, 5.74) is 1.18. The summed E-state index contributed by atoms with van der Waals surface area (Å²) in [6, 6.07) is 10.1. The maximum absolute atomic E-state index is 10.9. The first-order valence-electron chi connectivity index (χ1n) is 5.23. The topological polar surface area (TPSA) is 38.3 Å². The Morgan fingerprint density at radius 2 is 2.13 bits per heavy atom. The van der Waals surface area contributed by atoms with Crippen LogP contribution >= 0.6 is 0 Å². The molecule has 0 spiro atoms. The van der Waals surface area contributed by atoms with Crippen molar-refractivity contribution < 1.29 is 9.53 Å². The number of rotatable bonds is 4. The minimum Gasteiger partial charge on any atom is -0.376 e. The summed E-state index contributed by atoms with van der Waals surface area (Å²) in [7, 11) is 0. The summed E-state index contributed by atoms with van der Waals surface area (Å²) in [4.78, 5) is 10.9. The van der Waals surface area contributed by atoms with Gasteiger partial charge in [0.05, 0.1) is 13.2 Å². The summed E-state index contributed by atoms with van der Waals surface area (Å²) in [5.74, 6) is 0.490. The number of ether oxygens (including phenoxy) is 1. The van der Waals surface area contributed by atoms with Gasteiger partial charge in [0.1, 0.15) is 0 Å². The van der Waals surface area contributed by atoms with E-state index in [4.69, 9.17) is 4.74 Å². The van der Waals surface area contributed by atoms with Crippen LogP contribution in [0.25, 0.3) is 0 Å². The Morgan fingerprint density at radius 3 is 2.80 bits per heavy atom. The smallest absolute Gasteiger partial charge is 0.220 e. The second-order valence-corrected chi connectivity index (χ2v) is 3.87. The molecule has 0 unspecified atom stereocenters. The summed E-state index contributed by atoms with van der Waals surface area (Å²) in [6.07, 6.45) is 0.606. The number of carbonyl (C=O) groups is 1. The van der Waals surface area contributed by atoms with Crippen molar-refractivity contribution in [2.75, 3.05) is 13.2 Å². The zero-order chi connectivity index (χ0) is 10.5. The minimum absolute atomic E-state index is 0.142. The highest BCUT2D eigenvalue weighted by molar-refractivity contribution is 5.78. The second kappa shape index (κ2) is 4.94. The zero-order valence-corrected chi connectivity index (χ0v) is 8.61. The van der Waals surface area contributed by atoms with Gasteiger partial charge in [-0.15, -0.1) is 0 Å². The van der Waals surface area contributed by atoms with Gasteiger partial charge in [-0.2, -0.15) is 0 Å². The van der Waals surface area contributed by atoms with Gasteiger partial charge in [-0.05, 0) is 5.56 Å². The normalized spacial score (nSPS) is 20.3. The van der Waals surface area contributed by atoms with E-state index in [0.29, 0.717) is 25.6 Å². The van der Waals surface area contributed by atoms with Gasteiger partial charge in [-0.3, -0.25) is 4.79 Å². The molecule has 3 heteroatoms. The molecule has 1 aromatic rings. The van der Waals surface area contributed by atoms with E-state index >= 15 is 0 Å². The van der Waals surface area contributed by atoms with Crippen LogP contribution in [0.5, 0.6) is 0 Å². The predicted octanol–water partition coefficient (Wildman–Crippen LogP) is 1.34. The van der Waals surface area contributed by atoms with Crippen molar-refractivity contribution in [3.8, 4) is 0 Å². The van der Waals surface area contributed by atoms with E-state index in [1.807, 2.05) is 30.3 Å². The Labute approximate surface area is 89.4 Å². The lowest BCUT2D eigenvalue weighted by Crippen LogP contribution is -2.15. The fourth-order valence-corrected chi connectivity index (χ4v) is 1.70. The van der Waals surface area contributed by atoms with Crippen LogP contribution in [-0.4, -0.2) is 19.1 Å². The predicted molar refractivity (Wildman–Crippen MR) is 57.2 cm³/mol. The third kappa shape index (κ3) is 3.06. The first-order chi connectivity index (χ1) is 7.34. The van der Waals surface area contributed by atoms with Crippen molar-refractivity contribution in [3.63, 3.8) is 0 Å². The van der Waals surface area contributed by atoms with E-state index in [2.05, 4.69) is 5.32 Å². The molecule has 1 amide bonds. The standard InChI is InChI=1S/C12H15NO2/c14-12-6-11(7-13-12)9-15-8-10-4-2-1-3-5-10/h1-5,11H,6-9H2,(H,13,14)/t11-/m1/s1. The molecular weight excluding hydrogens is 190 g/mol. The van der Waals surface area contributed by atoms with Gasteiger partial charge in [0, 0.05) is 18.9 Å². The quantitative estimate of drug-likeness (QED) is 0.805. The van der Waals surface area contributed by atoms with Crippen LogP contribution in [0, 0.1) is 5.92 Å². The maximum atomic E-state index is 10.9. The van der Waals surface area contributed by atoms with E-state index < -0.39 is 0 Å². The van der Waals surface area contributed by atoms with Crippen molar-refractivity contribution in [1.82, 2.24) is 5.32 Å². The number of hydrogen-bond acceptors (Lipinski definition) is 2. The summed E-state index contributed by atoms with van der Waals surface area (Å²) in [6.45, 7) is 2.05. The number of benzene rings is 1. The maximum Gasteiger partial charge on any atom is 0.220 e. The lowest BCUT2D eigenvalue weighted by Gasteiger charge is -2.08. The van der Waals surface area contributed by atoms with Crippen LogP contribution in [-0.2, 0) is 16.1 Å². The Bertz CT molecular complexity index is 324. The third-order valence-electron chi connectivity index (χ3n) is 2.53. The Kier molecular flexibility index (Phi) is 3.35. The molecule has 1 N–H and O–H groups in total. The Balaban J connectivity index is 1.69. The summed E-state index contributed by atoms with van der Waals surface area (Å²) in [5, 5.41) is 2.80. The highest BCUT2D eigenvalue weighted by Gasteiger charge is 2.21. The molecule has 1 aliphatic heterocycles. The third-order valence-corrected chi connectivity index (χ3v) is 2.53. The van der Waals surface area contributed by atoms with Gasteiger partial charge in [0.2, 0.25) is 5.91 Å². The molecule has 2 rings (SSSR count). The number of carbonyl (C=O) groups excluding carboxylic acids is 1. The highest BCUT2D eigenvalue weighted by atomic mass is 16.5. The lowest BCUT2D eigenvalue weighted by molar-refractivity contribution is -0.119. The average Bonchev–Trinajstić information content (AvgIpc) is 2.66. The molecule has 1 heterocycles. The van der Waals surface area contributed by atoms with E-state index in [1.54, 1.807) is 0 Å². The molecule has 1 aliphatic rings. The molecule has 3 nitrogen and oxygen atoms in total. The fraction of sp³-hybridized carbons (Fsp3) is 0.417. The molecule has 15 heavy (non-hydrogen) atoms. The van der Waals surface area contributed by atoms with Crippen molar-refractivity contribution in [2.45, 2.75) is 13.0 Å². The number of hydrogen-bond donors (Lipinski definition) is 1. The van der Waals surface area contributed by atoms with Gasteiger partial charge < -0.3 is 10.1 Å². The molecule has 1 atom stereocenters. The number of amides is 1. The molecule has 1 aromatic carbocycles. The van der Waals surface area contributed by atoms with Gasteiger partial charge in [0.25, 0.3) is 0 Å². The Morgan fingerprint density at radius 1 is 1.33 bits per heavy atom. The molecule has 0 aliphatic carbocycles. The molecular formula is C12H15NO2. The minimum atomic E-state index is 0.142. The van der Waals surface area contributed by atoms with Gasteiger partial charge in [0.15, 0.2) is 0 Å². The molecule has 1 saturated heterocycles. The summed E-state index contributed by atoms with van der Waals surface area (Å²) >= 11 is 0. The van der Waals surface area contributed by atoms with E-state index in [1.165, 1.54) is 5.56 Å². The summed E-state index contributed by atoms with van der Waals surface area (Å²) < 4.78 is 5.56. The molecule has 0 aromatic heterocycles. The molecule has 0 radical (unpaired) electrons. The van der Waals surface area contributed by atoms with Crippen molar-refractivity contribution in [1.29, 1.82) is 0 Å². The molecule has 0 bridgehead atoms. The van der Waals surface area contributed by atoms with Crippen LogP contribution < -0.4 is 5.32 Å². The Hall–Kier alpha value is -1.35. The van der Waals surface area contributed by atoms with Gasteiger partial charge in [-0.25, -0.2) is 0 Å². The van der Waals surface area contributed by atoms with Crippen LogP contribution in [0.2, 0.25) is 0 Å². The van der Waals surface area contributed by atoms with E-state index in [-0.39, 0.29) is 5.91 Å². The second-order valence-electron chi connectivity index (χ2n) is 3.87. The van der Waals surface area contributed by atoms with Crippen molar-refractivity contribution >= 4 is 5.91 Å². The van der Waals surface area contributed by atoms with Crippen molar-refractivity contribution in [2.24, 2.45) is 5.92 Å².